The van der Waals surface area contributed by atoms with Crippen molar-refractivity contribution in [2.24, 2.45) is 11.8 Å². The van der Waals surface area contributed by atoms with Crippen molar-refractivity contribution >= 4 is 11.8 Å². The molecule has 0 amide bonds. The molecule has 0 aromatic heterocycles. The van der Waals surface area contributed by atoms with Gasteiger partial charge in [0.15, 0.2) is 11.6 Å². The van der Waals surface area contributed by atoms with Crippen LogP contribution in [0.15, 0.2) is 30.3 Å². The number of esters is 1. The van der Waals surface area contributed by atoms with Crippen molar-refractivity contribution in [3.8, 4) is 0 Å². The van der Waals surface area contributed by atoms with Crippen LogP contribution < -0.4 is 0 Å². The molecule has 0 N–H and O–H groups in total. The van der Waals surface area contributed by atoms with E-state index in [9.17, 15) is 9.59 Å². The number of hydrogen-bond donors (Lipinski definition) is 0. The fourth-order valence-corrected chi connectivity index (χ4v) is 3.40. The Bertz CT molecular complexity index is 549. The molecule has 0 radical (unpaired) electrons. The van der Waals surface area contributed by atoms with Crippen molar-refractivity contribution in [2.75, 3.05) is 20.3 Å². The predicted molar refractivity (Wildman–Crippen MR) is 101 cm³/mol. The Morgan fingerprint density at radius 1 is 1.08 bits per heavy atom. The lowest BCUT2D eigenvalue weighted by molar-refractivity contribution is -0.203. The molecule has 1 saturated carbocycles. The third-order valence-electron chi connectivity index (χ3n) is 4.44. The molecule has 2 atom stereocenters. The van der Waals surface area contributed by atoms with Gasteiger partial charge < -0.3 is 14.2 Å². The molecular formula is C21H32O5. The highest BCUT2D eigenvalue weighted by molar-refractivity contribution is 6.01. The average Bonchev–Trinajstić information content (AvgIpc) is 3.15. The van der Waals surface area contributed by atoms with E-state index in [2.05, 4.69) is 0 Å². The lowest BCUT2D eigenvalue weighted by Crippen LogP contribution is -2.48. The van der Waals surface area contributed by atoms with Gasteiger partial charge in [0.1, 0.15) is 5.92 Å². The molecule has 1 aromatic rings. The first-order chi connectivity index (χ1) is 12.6. The monoisotopic (exact) mass is 364 g/mol. The van der Waals surface area contributed by atoms with Crippen LogP contribution >= 0.6 is 0 Å². The number of benzene rings is 1. The topological polar surface area (TPSA) is 61.8 Å². The minimum absolute atomic E-state index is 0.0690. The molecular weight excluding hydrogens is 332 g/mol. The van der Waals surface area contributed by atoms with E-state index < -0.39 is 17.7 Å². The van der Waals surface area contributed by atoms with Crippen LogP contribution in [0.2, 0.25) is 0 Å². The summed E-state index contributed by atoms with van der Waals surface area (Å²) in [4.78, 5) is 24.6. The first-order valence-corrected chi connectivity index (χ1v) is 9.57. The van der Waals surface area contributed by atoms with Crippen molar-refractivity contribution in [3.05, 3.63) is 35.9 Å². The van der Waals surface area contributed by atoms with Gasteiger partial charge in [-0.15, -0.1) is 0 Å². The van der Waals surface area contributed by atoms with Crippen LogP contribution in [0.4, 0.5) is 0 Å². The fraction of sp³-hybridized carbons (Fsp3) is 0.619. The molecule has 1 saturated heterocycles. The summed E-state index contributed by atoms with van der Waals surface area (Å²) in [5.74, 6) is -2.47. The maximum absolute atomic E-state index is 12.7. The van der Waals surface area contributed by atoms with Crippen molar-refractivity contribution < 1.29 is 23.8 Å². The van der Waals surface area contributed by atoms with Gasteiger partial charge in [-0.1, -0.05) is 58.0 Å². The molecule has 1 heterocycles. The van der Waals surface area contributed by atoms with Gasteiger partial charge in [0.2, 0.25) is 0 Å². The van der Waals surface area contributed by atoms with E-state index in [1.54, 1.807) is 0 Å². The highest BCUT2D eigenvalue weighted by Gasteiger charge is 2.51. The Kier molecular flexibility index (Phi) is 9.52. The second-order valence-corrected chi connectivity index (χ2v) is 5.88. The van der Waals surface area contributed by atoms with Crippen molar-refractivity contribution in [3.63, 3.8) is 0 Å². The van der Waals surface area contributed by atoms with E-state index in [1.165, 1.54) is 7.11 Å². The van der Waals surface area contributed by atoms with Crippen LogP contribution in [-0.2, 0) is 30.2 Å². The van der Waals surface area contributed by atoms with Gasteiger partial charge in [-0.3, -0.25) is 9.59 Å². The van der Waals surface area contributed by atoms with E-state index in [0.29, 0.717) is 26.1 Å². The second kappa shape index (κ2) is 11.1. The molecule has 2 unspecified atom stereocenters. The number of ether oxygens (including phenoxy) is 3. The summed E-state index contributed by atoms with van der Waals surface area (Å²) in [6, 6.07) is 9.79. The standard InChI is InChI=1S/C17H20O5.2C2H6/c1-20-16(19)14-11-17(21-7-8-22-17)10-13(15(14)18)9-12-5-3-2-4-6-12;2*1-2/h2-6,13-14H,7-11H2,1H3;2*1-2H3. The number of carbonyl (C=O) groups excluding carboxylic acids is 2. The van der Waals surface area contributed by atoms with Gasteiger partial charge in [-0.25, -0.2) is 0 Å². The molecule has 0 bridgehead atoms. The van der Waals surface area contributed by atoms with E-state index in [1.807, 2.05) is 58.0 Å². The number of carbonyl (C=O) groups is 2. The zero-order valence-corrected chi connectivity index (χ0v) is 16.6. The van der Waals surface area contributed by atoms with E-state index in [4.69, 9.17) is 14.2 Å². The summed E-state index contributed by atoms with van der Waals surface area (Å²) in [6.07, 6.45) is 1.33. The van der Waals surface area contributed by atoms with Gasteiger partial charge in [0.05, 0.1) is 20.3 Å². The molecule has 5 heteroatoms. The largest absolute Gasteiger partial charge is 0.468 e. The maximum Gasteiger partial charge on any atom is 0.316 e. The Morgan fingerprint density at radius 2 is 1.65 bits per heavy atom. The number of rotatable bonds is 3. The summed E-state index contributed by atoms with van der Waals surface area (Å²) < 4.78 is 16.3. The van der Waals surface area contributed by atoms with E-state index in [-0.39, 0.29) is 18.1 Å². The molecule has 26 heavy (non-hydrogen) atoms. The predicted octanol–water partition coefficient (Wildman–Crippen LogP) is 3.79. The van der Waals surface area contributed by atoms with Crippen LogP contribution in [0.3, 0.4) is 0 Å². The number of hydrogen-bond acceptors (Lipinski definition) is 5. The fourth-order valence-electron chi connectivity index (χ4n) is 3.40. The van der Waals surface area contributed by atoms with Crippen molar-refractivity contribution in [1.29, 1.82) is 0 Å². The second-order valence-electron chi connectivity index (χ2n) is 5.88. The molecule has 2 fully saturated rings. The zero-order chi connectivity index (χ0) is 19.6. The first kappa shape index (κ1) is 22.3. The minimum atomic E-state index is -0.813. The summed E-state index contributed by atoms with van der Waals surface area (Å²) in [6.45, 7) is 9.00. The summed E-state index contributed by atoms with van der Waals surface area (Å²) >= 11 is 0. The van der Waals surface area contributed by atoms with Crippen molar-refractivity contribution in [2.45, 2.75) is 52.7 Å². The van der Waals surface area contributed by atoms with Gasteiger partial charge in [0, 0.05) is 18.8 Å². The Balaban J connectivity index is 0.000000791. The maximum atomic E-state index is 12.7. The molecule has 3 rings (SSSR count). The minimum Gasteiger partial charge on any atom is -0.468 e. The molecule has 146 valence electrons. The highest BCUT2D eigenvalue weighted by Crippen LogP contribution is 2.41. The lowest BCUT2D eigenvalue weighted by atomic mass is 9.74. The van der Waals surface area contributed by atoms with Crippen LogP contribution in [0.25, 0.3) is 0 Å². The normalized spacial score (nSPS) is 23.3. The van der Waals surface area contributed by atoms with Crippen LogP contribution in [-0.4, -0.2) is 37.9 Å². The number of ketones is 1. The Hall–Kier alpha value is -1.72. The third kappa shape index (κ3) is 5.39. The summed E-state index contributed by atoms with van der Waals surface area (Å²) in [7, 11) is 1.31. The van der Waals surface area contributed by atoms with Gasteiger partial charge >= 0.3 is 5.97 Å². The molecule has 1 aliphatic carbocycles. The Morgan fingerprint density at radius 3 is 2.19 bits per heavy atom. The smallest absolute Gasteiger partial charge is 0.316 e. The van der Waals surface area contributed by atoms with Gasteiger partial charge in [-0.2, -0.15) is 0 Å². The quantitative estimate of drug-likeness (QED) is 0.603. The molecule has 2 aliphatic rings. The van der Waals surface area contributed by atoms with Crippen molar-refractivity contribution in [1.82, 2.24) is 0 Å². The van der Waals surface area contributed by atoms with Gasteiger partial charge in [-0.05, 0) is 12.0 Å². The molecule has 5 nitrogen and oxygen atoms in total. The number of methoxy groups -OCH3 is 1. The SMILES string of the molecule is CC.CC.COC(=O)C1CC2(CC(Cc3ccccc3)C1=O)OCCO2. The van der Waals surface area contributed by atoms with E-state index in [0.717, 1.165) is 5.56 Å². The van der Waals surface area contributed by atoms with Crippen LogP contribution in [0.5, 0.6) is 0 Å². The zero-order valence-electron chi connectivity index (χ0n) is 16.6. The molecule has 1 spiro atoms. The van der Waals surface area contributed by atoms with Crippen LogP contribution in [0.1, 0.15) is 46.1 Å². The van der Waals surface area contributed by atoms with Gasteiger partial charge in [0.25, 0.3) is 0 Å². The molecule has 1 aromatic carbocycles. The lowest BCUT2D eigenvalue weighted by Gasteiger charge is -2.38. The third-order valence-corrected chi connectivity index (χ3v) is 4.44. The summed E-state index contributed by atoms with van der Waals surface area (Å²) in [5, 5.41) is 0. The Labute approximate surface area is 157 Å². The average molecular weight is 364 g/mol. The van der Waals surface area contributed by atoms with Crippen LogP contribution in [0, 0.1) is 11.8 Å². The first-order valence-electron chi connectivity index (χ1n) is 9.57. The van der Waals surface area contributed by atoms with E-state index >= 15 is 0 Å². The highest BCUT2D eigenvalue weighted by atomic mass is 16.7. The number of Topliss-reactive ketones (excluding diaryl/α,β-unsaturated/α-hetero) is 1. The summed E-state index contributed by atoms with van der Waals surface area (Å²) in [5.41, 5.74) is 1.07. The molecule has 1 aliphatic heterocycles.